The van der Waals surface area contributed by atoms with E-state index < -0.39 is 0 Å². The van der Waals surface area contributed by atoms with Crippen molar-refractivity contribution in [1.82, 2.24) is 10.2 Å². The highest BCUT2D eigenvalue weighted by molar-refractivity contribution is 9.10. The van der Waals surface area contributed by atoms with E-state index in [9.17, 15) is 9.59 Å². The number of hydrogen-bond donors (Lipinski definition) is 1. The fourth-order valence-corrected chi connectivity index (χ4v) is 3.49. The highest BCUT2D eigenvalue weighted by Gasteiger charge is 2.24. The van der Waals surface area contributed by atoms with Gasteiger partial charge >= 0.3 is 0 Å². The first-order chi connectivity index (χ1) is 13.4. The average Bonchev–Trinajstić information content (AvgIpc) is 2.69. The standard InChI is InChI=1S/C22H25BrN2O3/c1-15-3-8-20(13-16(15)2)28-14-21(26)24-19-9-11-25(12-10-19)22(27)17-4-6-18(23)7-5-17/h3-8,13,19H,9-12,14H2,1-2H3,(H,24,26). The molecule has 148 valence electrons. The molecule has 0 aliphatic carbocycles. The van der Waals surface area contributed by atoms with Crippen molar-refractivity contribution in [2.24, 2.45) is 0 Å². The minimum Gasteiger partial charge on any atom is -0.484 e. The topological polar surface area (TPSA) is 58.6 Å². The molecule has 1 heterocycles. The van der Waals surface area contributed by atoms with Crippen LogP contribution in [0.5, 0.6) is 5.75 Å². The maximum Gasteiger partial charge on any atom is 0.258 e. The van der Waals surface area contributed by atoms with E-state index in [1.165, 1.54) is 5.56 Å². The normalized spacial score (nSPS) is 14.6. The summed E-state index contributed by atoms with van der Waals surface area (Å²) >= 11 is 3.38. The number of piperidine rings is 1. The average molecular weight is 445 g/mol. The zero-order valence-electron chi connectivity index (χ0n) is 16.2. The van der Waals surface area contributed by atoms with Gasteiger partial charge in [-0.3, -0.25) is 9.59 Å². The molecular formula is C22H25BrN2O3. The molecule has 1 aliphatic rings. The quantitative estimate of drug-likeness (QED) is 0.761. The Kier molecular flexibility index (Phi) is 6.73. The zero-order valence-corrected chi connectivity index (χ0v) is 17.8. The number of carbonyl (C=O) groups excluding carboxylic acids is 2. The first-order valence-corrected chi connectivity index (χ1v) is 10.3. The van der Waals surface area contributed by atoms with Crippen molar-refractivity contribution in [1.29, 1.82) is 0 Å². The van der Waals surface area contributed by atoms with Crippen molar-refractivity contribution in [2.45, 2.75) is 32.7 Å². The molecule has 1 saturated heterocycles. The summed E-state index contributed by atoms with van der Waals surface area (Å²) in [5.41, 5.74) is 3.02. The van der Waals surface area contributed by atoms with Crippen LogP contribution in [0.25, 0.3) is 0 Å². The zero-order chi connectivity index (χ0) is 20.1. The number of nitrogens with one attached hydrogen (secondary N) is 1. The lowest BCUT2D eigenvalue weighted by molar-refractivity contribution is -0.124. The van der Waals surface area contributed by atoms with Crippen molar-refractivity contribution in [3.05, 3.63) is 63.6 Å². The van der Waals surface area contributed by atoms with Crippen LogP contribution in [0.15, 0.2) is 46.9 Å². The second kappa shape index (κ2) is 9.24. The number of ether oxygens (including phenoxy) is 1. The van der Waals surface area contributed by atoms with E-state index >= 15 is 0 Å². The van der Waals surface area contributed by atoms with Gasteiger partial charge in [-0.05, 0) is 74.2 Å². The van der Waals surface area contributed by atoms with Crippen molar-refractivity contribution >= 4 is 27.7 Å². The molecule has 1 aliphatic heterocycles. The Labute approximate surface area is 174 Å². The summed E-state index contributed by atoms with van der Waals surface area (Å²) in [6.07, 6.45) is 1.50. The molecule has 1 fully saturated rings. The highest BCUT2D eigenvalue weighted by atomic mass is 79.9. The molecular weight excluding hydrogens is 420 g/mol. The minimum atomic E-state index is -0.129. The van der Waals surface area contributed by atoms with Gasteiger partial charge < -0.3 is 15.0 Å². The number of hydrogen-bond acceptors (Lipinski definition) is 3. The first kappa shape index (κ1) is 20.4. The predicted molar refractivity (Wildman–Crippen MR) is 113 cm³/mol. The molecule has 0 saturated carbocycles. The van der Waals surface area contributed by atoms with E-state index in [1.807, 2.05) is 61.2 Å². The Morgan fingerprint density at radius 3 is 2.39 bits per heavy atom. The van der Waals surface area contributed by atoms with Gasteiger partial charge in [0.1, 0.15) is 5.75 Å². The van der Waals surface area contributed by atoms with Gasteiger partial charge in [0.25, 0.3) is 11.8 Å². The van der Waals surface area contributed by atoms with Crippen LogP contribution in [-0.2, 0) is 4.79 Å². The molecule has 0 bridgehead atoms. The molecule has 6 heteroatoms. The number of benzene rings is 2. The van der Waals surface area contributed by atoms with Crippen LogP contribution >= 0.6 is 15.9 Å². The van der Waals surface area contributed by atoms with Crippen LogP contribution in [0.4, 0.5) is 0 Å². The second-order valence-electron chi connectivity index (χ2n) is 7.18. The van der Waals surface area contributed by atoms with E-state index in [0.29, 0.717) is 24.4 Å². The summed E-state index contributed by atoms with van der Waals surface area (Å²) in [7, 11) is 0. The third-order valence-corrected chi connectivity index (χ3v) is 5.62. The number of likely N-dealkylation sites (tertiary alicyclic amines) is 1. The number of halogens is 1. The monoisotopic (exact) mass is 444 g/mol. The van der Waals surface area contributed by atoms with E-state index in [2.05, 4.69) is 21.2 Å². The van der Waals surface area contributed by atoms with Crippen molar-refractivity contribution in [2.75, 3.05) is 19.7 Å². The van der Waals surface area contributed by atoms with Gasteiger partial charge in [0.15, 0.2) is 6.61 Å². The molecule has 5 nitrogen and oxygen atoms in total. The Morgan fingerprint density at radius 2 is 1.75 bits per heavy atom. The molecule has 3 rings (SSSR count). The molecule has 2 aromatic rings. The van der Waals surface area contributed by atoms with Crippen LogP contribution in [-0.4, -0.2) is 42.5 Å². The predicted octanol–water partition coefficient (Wildman–Crippen LogP) is 3.87. The minimum absolute atomic E-state index is 0.000535. The maximum atomic E-state index is 12.6. The van der Waals surface area contributed by atoms with Gasteiger partial charge in [-0.15, -0.1) is 0 Å². The second-order valence-corrected chi connectivity index (χ2v) is 8.09. The number of amides is 2. The lowest BCUT2D eigenvalue weighted by Gasteiger charge is -2.32. The van der Waals surface area contributed by atoms with Gasteiger partial charge in [0.05, 0.1) is 0 Å². The maximum absolute atomic E-state index is 12.6. The molecule has 0 unspecified atom stereocenters. The Bertz CT molecular complexity index is 843. The number of rotatable bonds is 5. The molecule has 0 atom stereocenters. The van der Waals surface area contributed by atoms with Crippen LogP contribution in [0.1, 0.15) is 34.3 Å². The van der Waals surface area contributed by atoms with Crippen molar-refractivity contribution < 1.29 is 14.3 Å². The van der Waals surface area contributed by atoms with Gasteiger partial charge in [-0.2, -0.15) is 0 Å². The lowest BCUT2D eigenvalue weighted by Crippen LogP contribution is -2.47. The van der Waals surface area contributed by atoms with Crippen LogP contribution < -0.4 is 10.1 Å². The fourth-order valence-electron chi connectivity index (χ4n) is 3.22. The summed E-state index contributed by atoms with van der Waals surface area (Å²) in [6.45, 7) is 5.33. The van der Waals surface area contributed by atoms with E-state index in [-0.39, 0.29) is 24.5 Å². The molecule has 0 aromatic heterocycles. The Hall–Kier alpha value is -2.34. The van der Waals surface area contributed by atoms with Gasteiger partial charge in [-0.25, -0.2) is 0 Å². The van der Waals surface area contributed by atoms with E-state index in [1.54, 1.807) is 0 Å². The third-order valence-electron chi connectivity index (χ3n) is 5.09. The molecule has 0 radical (unpaired) electrons. The van der Waals surface area contributed by atoms with Gasteiger partial charge in [0, 0.05) is 29.2 Å². The molecule has 28 heavy (non-hydrogen) atoms. The SMILES string of the molecule is Cc1ccc(OCC(=O)NC2CCN(C(=O)c3ccc(Br)cc3)CC2)cc1C. The van der Waals surface area contributed by atoms with Crippen LogP contribution in [0.3, 0.4) is 0 Å². The fraction of sp³-hybridized carbons (Fsp3) is 0.364. The van der Waals surface area contributed by atoms with Gasteiger partial charge in [-0.1, -0.05) is 22.0 Å². The summed E-state index contributed by atoms with van der Waals surface area (Å²) in [5.74, 6) is 0.611. The molecule has 2 amide bonds. The Morgan fingerprint density at radius 1 is 1.07 bits per heavy atom. The summed E-state index contributed by atoms with van der Waals surface area (Å²) in [5, 5.41) is 3.01. The lowest BCUT2D eigenvalue weighted by atomic mass is 10.0. The summed E-state index contributed by atoms with van der Waals surface area (Å²) < 4.78 is 6.54. The van der Waals surface area contributed by atoms with Crippen molar-refractivity contribution in [3.8, 4) is 5.75 Å². The summed E-state index contributed by atoms with van der Waals surface area (Å²) in [6, 6.07) is 13.3. The van der Waals surface area contributed by atoms with E-state index in [0.717, 1.165) is 22.9 Å². The largest absolute Gasteiger partial charge is 0.484 e. The van der Waals surface area contributed by atoms with E-state index in [4.69, 9.17) is 4.74 Å². The van der Waals surface area contributed by atoms with Crippen LogP contribution in [0.2, 0.25) is 0 Å². The number of nitrogens with zero attached hydrogens (tertiary/aromatic N) is 1. The van der Waals surface area contributed by atoms with Gasteiger partial charge in [0.2, 0.25) is 0 Å². The number of aryl methyl sites for hydroxylation is 2. The third kappa shape index (κ3) is 5.35. The first-order valence-electron chi connectivity index (χ1n) is 9.46. The summed E-state index contributed by atoms with van der Waals surface area (Å²) in [4.78, 5) is 26.6. The molecule has 0 spiro atoms. The van der Waals surface area contributed by atoms with Crippen LogP contribution in [0, 0.1) is 13.8 Å². The number of carbonyl (C=O) groups is 2. The Balaban J connectivity index is 1.43. The highest BCUT2D eigenvalue weighted by Crippen LogP contribution is 2.18. The van der Waals surface area contributed by atoms with Crippen molar-refractivity contribution in [3.63, 3.8) is 0 Å². The molecule has 1 N–H and O–H groups in total. The smallest absolute Gasteiger partial charge is 0.258 e. The molecule has 2 aromatic carbocycles.